The first-order chi connectivity index (χ1) is 17.2. The van der Waals surface area contributed by atoms with Gasteiger partial charge in [0.05, 0.1) is 30.5 Å². The van der Waals surface area contributed by atoms with Crippen molar-refractivity contribution in [1.82, 2.24) is 4.98 Å². The van der Waals surface area contributed by atoms with E-state index in [9.17, 15) is 4.79 Å². The standard InChI is InChI=1S/C29H29N3O3/c1-3-35-24-12-8-21(9-13-24)29(33)26-20-30-27-7-5-4-6-25(27)28(26)32-18-16-31(17-19-32)22-10-14-23(34-2)15-11-22/h4-15,20H,3,16-19H2,1-2H3. The van der Waals surface area contributed by atoms with Gasteiger partial charge in [0, 0.05) is 49.0 Å². The van der Waals surface area contributed by atoms with E-state index in [2.05, 4.69) is 33.0 Å². The Morgan fingerprint density at radius 1 is 0.857 bits per heavy atom. The fourth-order valence-electron chi connectivity index (χ4n) is 4.64. The zero-order chi connectivity index (χ0) is 24.2. The zero-order valence-electron chi connectivity index (χ0n) is 20.1. The molecule has 0 N–H and O–H groups in total. The van der Waals surface area contributed by atoms with E-state index in [4.69, 9.17) is 9.47 Å². The van der Waals surface area contributed by atoms with Crippen molar-refractivity contribution in [2.24, 2.45) is 0 Å². The second-order valence-electron chi connectivity index (χ2n) is 8.50. The largest absolute Gasteiger partial charge is 0.497 e. The van der Waals surface area contributed by atoms with E-state index in [1.807, 2.05) is 61.5 Å². The second-order valence-corrected chi connectivity index (χ2v) is 8.50. The van der Waals surface area contributed by atoms with Crippen LogP contribution in [-0.4, -0.2) is 50.7 Å². The van der Waals surface area contributed by atoms with Crippen LogP contribution in [0.25, 0.3) is 10.9 Å². The molecule has 35 heavy (non-hydrogen) atoms. The van der Waals surface area contributed by atoms with Crippen LogP contribution in [0.3, 0.4) is 0 Å². The number of carbonyl (C=O) groups excluding carboxylic acids is 1. The van der Waals surface area contributed by atoms with Crippen molar-refractivity contribution < 1.29 is 14.3 Å². The van der Waals surface area contributed by atoms with E-state index in [0.29, 0.717) is 17.7 Å². The highest BCUT2D eigenvalue weighted by molar-refractivity contribution is 6.16. The number of ether oxygens (including phenoxy) is 2. The quantitative estimate of drug-likeness (QED) is 0.348. The Balaban J connectivity index is 1.45. The topological polar surface area (TPSA) is 54.9 Å². The molecule has 0 amide bonds. The average Bonchev–Trinajstić information content (AvgIpc) is 2.93. The molecule has 4 aromatic rings. The fraction of sp³-hybridized carbons (Fsp3) is 0.241. The maximum absolute atomic E-state index is 13.6. The minimum absolute atomic E-state index is 0.0288. The summed E-state index contributed by atoms with van der Waals surface area (Å²) in [4.78, 5) is 22.9. The first-order valence-corrected chi connectivity index (χ1v) is 12.0. The number of fused-ring (bicyclic) bond motifs is 1. The number of hydrogen-bond acceptors (Lipinski definition) is 6. The summed E-state index contributed by atoms with van der Waals surface area (Å²) < 4.78 is 10.8. The number of anilines is 2. The van der Waals surface area contributed by atoms with Crippen molar-refractivity contribution >= 4 is 28.1 Å². The lowest BCUT2D eigenvalue weighted by Crippen LogP contribution is -2.47. The van der Waals surface area contributed by atoms with Crippen LogP contribution in [0.2, 0.25) is 0 Å². The van der Waals surface area contributed by atoms with E-state index < -0.39 is 0 Å². The van der Waals surface area contributed by atoms with Gasteiger partial charge < -0.3 is 19.3 Å². The fourth-order valence-corrected chi connectivity index (χ4v) is 4.64. The van der Waals surface area contributed by atoms with Gasteiger partial charge in [0.15, 0.2) is 5.78 Å². The summed E-state index contributed by atoms with van der Waals surface area (Å²) in [6.07, 6.45) is 1.73. The van der Waals surface area contributed by atoms with E-state index in [1.165, 1.54) is 5.69 Å². The first-order valence-electron chi connectivity index (χ1n) is 12.0. The molecule has 1 aromatic heterocycles. The molecule has 0 radical (unpaired) electrons. The number of aromatic nitrogens is 1. The second kappa shape index (κ2) is 10.1. The Morgan fingerprint density at radius 3 is 2.20 bits per heavy atom. The highest BCUT2D eigenvalue weighted by Crippen LogP contribution is 2.33. The summed E-state index contributed by atoms with van der Waals surface area (Å²) in [5, 5.41) is 1.00. The molecule has 1 aliphatic heterocycles. The molecule has 3 aromatic carbocycles. The van der Waals surface area contributed by atoms with E-state index in [1.54, 1.807) is 13.3 Å². The molecule has 0 spiro atoms. The van der Waals surface area contributed by atoms with Crippen molar-refractivity contribution in [3.8, 4) is 11.5 Å². The number of piperazine rings is 1. The lowest BCUT2D eigenvalue weighted by molar-refractivity contribution is 0.103. The molecule has 178 valence electrons. The average molecular weight is 468 g/mol. The molecule has 0 unspecified atom stereocenters. The van der Waals surface area contributed by atoms with Gasteiger partial charge in [-0.15, -0.1) is 0 Å². The van der Waals surface area contributed by atoms with Gasteiger partial charge in [-0.1, -0.05) is 18.2 Å². The molecule has 1 aliphatic rings. The molecule has 5 rings (SSSR count). The molecule has 2 heterocycles. The first kappa shape index (κ1) is 22.7. The normalized spacial score (nSPS) is 13.7. The summed E-state index contributed by atoms with van der Waals surface area (Å²) in [5.74, 6) is 1.59. The van der Waals surface area contributed by atoms with Gasteiger partial charge in [-0.3, -0.25) is 9.78 Å². The molecule has 0 aliphatic carbocycles. The Bertz CT molecular complexity index is 1310. The predicted octanol–water partition coefficient (Wildman–Crippen LogP) is 5.20. The molecule has 0 bridgehead atoms. The Hall–Kier alpha value is -4.06. The number of hydrogen-bond donors (Lipinski definition) is 0. The third-order valence-electron chi connectivity index (χ3n) is 6.45. The van der Waals surface area contributed by atoms with Crippen LogP contribution in [0, 0.1) is 0 Å². The lowest BCUT2D eigenvalue weighted by atomic mass is 9.99. The van der Waals surface area contributed by atoms with Gasteiger partial charge in [0.2, 0.25) is 0 Å². The van der Waals surface area contributed by atoms with Crippen LogP contribution in [0.5, 0.6) is 11.5 Å². The van der Waals surface area contributed by atoms with Crippen molar-refractivity contribution in [1.29, 1.82) is 0 Å². The zero-order valence-corrected chi connectivity index (χ0v) is 20.1. The Morgan fingerprint density at radius 2 is 1.51 bits per heavy atom. The van der Waals surface area contributed by atoms with Crippen LogP contribution in [0.15, 0.2) is 79.0 Å². The molecule has 0 saturated carbocycles. The van der Waals surface area contributed by atoms with Gasteiger partial charge in [0.25, 0.3) is 0 Å². The Kier molecular flexibility index (Phi) is 6.53. The van der Waals surface area contributed by atoms with Crippen LogP contribution >= 0.6 is 0 Å². The highest BCUT2D eigenvalue weighted by atomic mass is 16.5. The van der Waals surface area contributed by atoms with E-state index in [-0.39, 0.29) is 5.78 Å². The van der Waals surface area contributed by atoms with Crippen molar-refractivity contribution in [2.45, 2.75) is 6.92 Å². The van der Waals surface area contributed by atoms with Gasteiger partial charge >= 0.3 is 0 Å². The predicted molar refractivity (Wildman–Crippen MR) is 140 cm³/mol. The van der Waals surface area contributed by atoms with Gasteiger partial charge in [-0.05, 0) is 61.5 Å². The van der Waals surface area contributed by atoms with Crippen molar-refractivity contribution in [3.63, 3.8) is 0 Å². The molecule has 6 heteroatoms. The van der Waals surface area contributed by atoms with E-state index >= 15 is 0 Å². The molecule has 0 atom stereocenters. The third-order valence-corrected chi connectivity index (χ3v) is 6.45. The third kappa shape index (κ3) is 4.64. The molecule has 6 nitrogen and oxygen atoms in total. The van der Waals surface area contributed by atoms with Crippen LogP contribution in [0.1, 0.15) is 22.8 Å². The maximum Gasteiger partial charge on any atom is 0.196 e. The number of pyridine rings is 1. The minimum Gasteiger partial charge on any atom is -0.497 e. The Labute approximate surface area is 205 Å². The lowest BCUT2D eigenvalue weighted by Gasteiger charge is -2.38. The number of ketones is 1. The minimum atomic E-state index is -0.0288. The highest BCUT2D eigenvalue weighted by Gasteiger charge is 2.25. The summed E-state index contributed by atoms with van der Waals surface area (Å²) >= 11 is 0. The molecular formula is C29H29N3O3. The number of benzene rings is 3. The summed E-state index contributed by atoms with van der Waals surface area (Å²) in [5.41, 5.74) is 4.29. The van der Waals surface area contributed by atoms with Gasteiger partial charge in [-0.2, -0.15) is 0 Å². The van der Waals surface area contributed by atoms with Crippen LogP contribution < -0.4 is 19.3 Å². The number of nitrogens with zero attached hydrogens (tertiary/aromatic N) is 3. The van der Waals surface area contributed by atoms with Crippen LogP contribution in [-0.2, 0) is 0 Å². The summed E-state index contributed by atoms with van der Waals surface area (Å²) in [6.45, 7) is 5.88. The molecule has 1 fully saturated rings. The van der Waals surface area contributed by atoms with Gasteiger partial charge in [0.1, 0.15) is 11.5 Å². The van der Waals surface area contributed by atoms with Gasteiger partial charge in [-0.25, -0.2) is 0 Å². The van der Waals surface area contributed by atoms with Crippen LogP contribution in [0.4, 0.5) is 11.4 Å². The molecular weight excluding hydrogens is 438 g/mol. The van der Waals surface area contributed by atoms with E-state index in [0.717, 1.165) is 54.3 Å². The smallest absolute Gasteiger partial charge is 0.196 e. The maximum atomic E-state index is 13.6. The monoisotopic (exact) mass is 467 g/mol. The summed E-state index contributed by atoms with van der Waals surface area (Å²) in [7, 11) is 1.68. The number of carbonyl (C=O) groups is 1. The van der Waals surface area contributed by atoms with Crippen molar-refractivity contribution in [2.75, 3.05) is 49.7 Å². The van der Waals surface area contributed by atoms with Crippen molar-refractivity contribution in [3.05, 3.63) is 90.1 Å². The number of para-hydroxylation sites is 1. The molecule has 1 saturated heterocycles. The number of rotatable bonds is 7. The SMILES string of the molecule is CCOc1ccc(C(=O)c2cnc3ccccc3c2N2CCN(c3ccc(OC)cc3)CC2)cc1. The number of methoxy groups -OCH3 is 1. The summed E-state index contributed by atoms with van der Waals surface area (Å²) in [6, 6.07) is 23.6.